The average Bonchev–Trinajstić information content (AvgIpc) is 2.67. The number of pyridine rings is 1. The maximum atomic E-state index is 5.75. The predicted octanol–water partition coefficient (Wildman–Crippen LogP) is 1.23. The minimum absolute atomic E-state index is 0.367. The Morgan fingerprint density at radius 3 is 2.77 bits per heavy atom. The quantitative estimate of drug-likeness (QED) is 0.701. The van der Waals surface area contributed by atoms with Crippen molar-refractivity contribution in [2.75, 3.05) is 5.88 Å². The predicted molar refractivity (Wildman–Crippen MR) is 52.4 cm³/mol. The van der Waals surface area contributed by atoms with E-state index < -0.39 is 0 Å². The molecule has 0 aromatic carbocycles. The second-order valence-corrected chi connectivity index (χ2v) is 3.52. The van der Waals surface area contributed by atoms with Gasteiger partial charge in [-0.15, -0.1) is 11.6 Å². The molecule has 1 aliphatic rings. The topological polar surface area (TPSA) is 37.0 Å². The van der Waals surface area contributed by atoms with Crippen molar-refractivity contribution >= 4 is 11.6 Å². The van der Waals surface area contributed by atoms with Gasteiger partial charge in [-0.1, -0.05) is 0 Å². The van der Waals surface area contributed by atoms with Crippen LogP contribution in [-0.4, -0.2) is 16.9 Å². The molecule has 0 amide bonds. The summed E-state index contributed by atoms with van der Waals surface area (Å²) in [7, 11) is 0. The third-order valence-corrected chi connectivity index (χ3v) is 2.65. The molecule has 0 aliphatic carbocycles. The molecule has 70 valence electrons. The van der Waals surface area contributed by atoms with Crippen molar-refractivity contribution in [1.82, 2.24) is 15.8 Å². The lowest BCUT2D eigenvalue weighted by Gasteiger charge is -2.07. The lowest BCUT2D eigenvalue weighted by Crippen LogP contribution is -2.31. The van der Waals surface area contributed by atoms with Gasteiger partial charge in [0.05, 0.1) is 0 Å². The van der Waals surface area contributed by atoms with E-state index in [9.17, 15) is 0 Å². The monoisotopic (exact) mass is 197 g/mol. The molecule has 2 rings (SSSR count). The Labute approximate surface area is 82.5 Å². The molecule has 1 aromatic heterocycles. The van der Waals surface area contributed by atoms with E-state index in [1.54, 1.807) is 0 Å². The average molecular weight is 198 g/mol. The SMILES string of the molecule is ClCC1CC(c2ccncc2)NN1. The highest BCUT2D eigenvalue weighted by molar-refractivity contribution is 6.18. The number of halogens is 1. The van der Waals surface area contributed by atoms with E-state index in [0.29, 0.717) is 18.0 Å². The number of hydrazine groups is 1. The molecule has 3 nitrogen and oxygen atoms in total. The van der Waals surface area contributed by atoms with E-state index in [1.807, 2.05) is 24.5 Å². The van der Waals surface area contributed by atoms with Gasteiger partial charge in [0.15, 0.2) is 0 Å². The highest BCUT2D eigenvalue weighted by atomic mass is 35.5. The Balaban J connectivity index is 2.04. The van der Waals surface area contributed by atoms with Gasteiger partial charge in [0.25, 0.3) is 0 Å². The summed E-state index contributed by atoms with van der Waals surface area (Å²) >= 11 is 5.75. The normalized spacial score (nSPS) is 27.8. The van der Waals surface area contributed by atoms with Crippen molar-refractivity contribution in [3.63, 3.8) is 0 Å². The summed E-state index contributed by atoms with van der Waals surface area (Å²) in [4.78, 5) is 3.98. The molecule has 2 unspecified atom stereocenters. The van der Waals surface area contributed by atoms with Gasteiger partial charge >= 0.3 is 0 Å². The maximum Gasteiger partial charge on any atom is 0.0479 e. The van der Waals surface area contributed by atoms with Crippen LogP contribution in [0.15, 0.2) is 24.5 Å². The summed E-state index contributed by atoms with van der Waals surface area (Å²) in [5.41, 5.74) is 7.62. The van der Waals surface area contributed by atoms with E-state index >= 15 is 0 Å². The summed E-state index contributed by atoms with van der Waals surface area (Å²) in [6, 6.07) is 4.79. The van der Waals surface area contributed by atoms with Crippen molar-refractivity contribution in [2.24, 2.45) is 0 Å². The van der Waals surface area contributed by atoms with Crippen molar-refractivity contribution in [1.29, 1.82) is 0 Å². The number of hydrogen-bond donors (Lipinski definition) is 2. The summed E-state index contributed by atoms with van der Waals surface area (Å²) in [6.07, 6.45) is 4.66. The van der Waals surface area contributed by atoms with Crippen molar-refractivity contribution in [2.45, 2.75) is 18.5 Å². The summed E-state index contributed by atoms with van der Waals surface area (Å²) < 4.78 is 0. The first-order valence-corrected chi connectivity index (χ1v) is 4.90. The maximum absolute atomic E-state index is 5.75. The van der Waals surface area contributed by atoms with Crippen LogP contribution in [0.5, 0.6) is 0 Å². The fourth-order valence-electron chi connectivity index (χ4n) is 1.54. The van der Waals surface area contributed by atoms with Gasteiger partial charge in [-0.25, -0.2) is 5.43 Å². The molecule has 2 N–H and O–H groups in total. The van der Waals surface area contributed by atoms with Gasteiger partial charge in [-0.05, 0) is 24.1 Å². The fourth-order valence-corrected chi connectivity index (χ4v) is 1.74. The lowest BCUT2D eigenvalue weighted by atomic mass is 10.0. The van der Waals surface area contributed by atoms with Crippen molar-refractivity contribution < 1.29 is 0 Å². The molecule has 4 heteroatoms. The van der Waals surface area contributed by atoms with E-state index in [1.165, 1.54) is 5.56 Å². The standard InChI is InChI=1S/C9H12ClN3/c10-6-8-5-9(13-12-8)7-1-3-11-4-2-7/h1-4,8-9,12-13H,5-6H2. The Bertz CT molecular complexity index is 265. The number of aromatic nitrogens is 1. The van der Waals surface area contributed by atoms with Gasteiger partial charge in [0, 0.05) is 30.4 Å². The molecule has 0 bridgehead atoms. The molecule has 1 fully saturated rings. The van der Waals surface area contributed by atoms with E-state index in [4.69, 9.17) is 11.6 Å². The molecular formula is C9H12ClN3. The van der Waals surface area contributed by atoms with Gasteiger partial charge < -0.3 is 0 Å². The van der Waals surface area contributed by atoms with Crippen LogP contribution in [0.2, 0.25) is 0 Å². The van der Waals surface area contributed by atoms with Crippen LogP contribution in [0, 0.1) is 0 Å². The highest BCUT2D eigenvalue weighted by Crippen LogP contribution is 2.21. The van der Waals surface area contributed by atoms with Crippen LogP contribution in [0.3, 0.4) is 0 Å². The van der Waals surface area contributed by atoms with Gasteiger partial charge in [0.1, 0.15) is 0 Å². The zero-order valence-electron chi connectivity index (χ0n) is 7.20. The number of hydrogen-bond acceptors (Lipinski definition) is 3. The molecule has 2 heterocycles. The Kier molecular flexibility index (Phi) is 2.78. The molecule has 1 saturated heterocycles. The van der Waals surface area contributed by atoms with Gasteiger partial charge in [-0.3, -0.25) is 10.4 Å². The van der Waals surface area contributed by atoms with E-state index in [2.05, 4.69) is 15.8 Å². The number of rotatable bonds is 2. The van der Waals surface area contributed by atoms with Crippen molar-refractivity contribution in [3.8, 4) is 0 Å². The van der Waals surface area contributed by atoms with Crippen LogP contribution in [0.1, 0.15) is 18.0 Å². The molecule has 2 atom stereocenters. The number of nitrogens with zero attached hydrogens (tertiary/aromatic N) is 1. The number of nitrogens with one attached hydrogen (secondary N) is 2. The van der Waals surface area contributed by atoms with Gasteiger partial charge in [-0.2, -0.15) is 0 Å². The van der Waals surface area contributed by atoms with Crippen LogP contribution in [-0.2, 0) is 0 Å². The van der Waals surface area contributed by atoms with Crippen LogP contribution in [0.4, 0.5) is 0 Å². The minimum atomic E-state index is 0.367. The zero-order chi connectivity index (χ0) is 9.10. The van der Waals surface area contributed by atoms with Gasteiger partial charge in [0.2, 0.25) is 0 Å². The third-order valence-electron chi connectivity index (χ3n) is 2.28. The van der Waals surface area contributed by atoms with Crippen molar-refractivity contribution in [3.05, 3.63) is 30.1 Å². The Morgan fingerprint density at radius 1 is 1.38 bits per heavy atom. The third kappa shape index (κ3) is 1.99. The van der Waals surface area contributed by atoms with Crippen LogP contribution >= 0.6 is 11.6 Å². The summed E-state index contributed by atoms with van der Waals surface area (Å²) in [6.45, 7) is 0. The summed E-state index contributed by atoms with van der Waals surface area (Å²) in [5, 5.41) is 0. The van der Waals surface area contributed by atoms with Crippen LogP contribution < -0.4 is 10.9 Å². The first kappa shape index (κ1) is 8.94. The lowest BCUT2D eigenvalue weighted by molar-refractivity contribution is 0.562. The number of alkyl halides is 1. The second-order valence-electron chi connectivity index (χ2n) is 3.21. The summed E-state index contributed by atoms with van der Waals surface area (Å²) in [5.74, 6) is 0.647. The van der Waals surface area contributed by atoms with Crippen LogP contribution in [0.25, 0.3) is 0 Å². The van der Waals surface area contributed by atoms with E-state index in [0.717, 1.165) is 6.42 Å². The first-order chi connectivity index (χ1) is 6.40. The molecule has 1 aromatic rings. The molecule has 0 spiro atoms. The molecule has 13 heavy (non-hydrogen) atoms. The first-order valence-electron chi connectivity index (χ1n) is 4.37. The van der Waals surface area contributed by atoms with E-state index in [-0.39, 0.29) is 0 Å². The Morgan fingerprint density at radius 2 is 2.15 bits per heavy atom. The second kappa shape index (κ2) is 4.05. The smallest absolute Gasteiger partial charge is 0.0479 e. The molecule has 0 saturated carbocycles. The minimum Gasteiger partial charge on any atom is -0.265 e. The Hall–Kier alpha value is -0.640. The molecule has 0 radical (unpaired) electrons. The fraction of sp³-hybridized carbons (Fsp3) is 0.444. The zero-order valence-corrected chi connectivity index (χ0v) is 7.96. The highest BCUT2D eigenvalue weighted by Gasteiger charge is 2.23. The molecular weight excluding hydrogens is 186 g/mol. The molecule has 1 aliphatic heterocycles. The largest absolute Gasteiger partial charge is 0.265 e.